The van der Waals surface area contributed by atoms with Gasteiger partial charge in [-0.15, -0.1) is 0 Å². The van der Waals surface area contributed by atoms with Gasteiger partial charge in [0.15, 0.2) is 11.5 Å². The third-order valence-electron chi connectivity index (χ3n) is 4.84. The Bertz CT molecular complexity index is 728. The van der Waals surface area contributed by atoms with Crippen molar-refractivity contribution < 1.29 is 23.8 Å². The summed E-state index contributed by atoms with van der Waals surface area (Å²) < 4.78 is 16.6. The molecule has 0 N–H and O–H groups in total. The number of carbonyl (C=O) groups excluding carboxylic acids is 2. The van der Waals surface area contributed by atoms with Gasteiger partial charge in [0.2, 0.25) is 0 Å². The van der Waals surface area contributed by atoms with E-state index in [-0.39, 0.29) is 17.9 Å². The van der Waals surface area contributed by atoms with E-state index in [1.807, 2.05) is 20.8 Å². The molecular formula is C21H30N2O5. The molecule has 2 aliphatic heterocycles. The number of benzene rings is 1. The van der Waals surface area contributed by atoms with Crippen LogP contribution in [0.4, 0.5) is 4.79 Å². The Kier molecular flexibility index (Phi) is 6.01. The molecule has 154 valence electrons. The van der Waals surface area contributed by atoms with E-state index in [0.29, 0.717) is 49.9 Å². The summed E-state index contributed by atoms with van der Waals surface area (Å²) in [4.78, 5) is 28.6. The van der Waals surface area contributed by atoms with Crippen LogP contribution in [0.25, 0.3) is 0 Å². The Morgan fingerprint density at radius 3 is 2.64 bits per heavy atom. The molecule has 2 heterocycles. The highest BCUT2D eigenvalue weighted by Gasteiger charge is 2.29. The highest BCUT2D eigenvalue weighted by Crippen LogP contribution is 2.31. The van der Waals surface area contributed by atoms with E-state index in [2.05, 4.69) is 0 Å². The summed E-state index contributed by atoms with van der Waals surface area (Å²) in [6.45, 7) is 8.51. The van der Waals surface area contributed by atoms with Gasteiger partial charge in [0.05, 0.1) is 0 Å². The van der Waals surface area contributed by atoms with Crippen LogP contribution in [0.15, 0.2) is 18.2 Å². The van der Waals surface area contributed by atoms with Crippen molar-refractivity contribution in [1.29, 1.82) is 0 Å². The van der Waals surface area contributed by atoms with Gasteiger partial charge in [0.1, 0.15) is 18.8 Å². The molecular weight excluding hydrogens is 360 g/mol. The number of hydrogen-bond donors (Lipinski definition) is 0. The molecule has 7 heteroatoms. The third-order valence-corrected chi connectivity index (χ3v) is 4.84. The molecule has 1 saturated heterocycles. The van der Waals surface area contributed by atoms with Crippen molar-refractivity contribution in [2.45, 2.75) is 39.2 Å². The molecule has 0 unspecified atom stereocenters. The minimum absolute atomic E-state index is 0.0636. The van der Waals surface area contributed by atoms with Crippen LogP contribution in [0.3, 0.4) is 0 Å². The third kappa shape index (κ3) is 5.09. The first kappa shape index (κ1) is 20.3. The van der Waals surface area contributed by atoms with Crippen molar-refractivity contribution in [3.8, 4) is 11.5 Å². The fourth-order valence-electron chi connectivity index (χ4n) is 3.57. The van der Waals surface area contributed by atoms with Gasteiger partial charge in [0, 0.05) is 32.2 Å². The summed E-state index contributed by atoms with van der Waals surface area (Å²) in [5, 5.41) is 0. The van der Waals surface area contributed by atoms with Crippen molar-refractivity contribution in [2.75, 3.05) is 39.9 Å². The highest BCUT2D eigenvalue weighted by atomic mass is 16.6. The lowest BCUT2D eigenvalue weighted by atomic mass is 9.97. The predicted molar refractivity (Wildman–Crippen MR) is 105 cm³/mol. The standard InChI is InChI=1S/C21H30N2O5/c1-21(2,3)28-20(25)23-9-5-6-15(14-23)13-22(4)19(24)16-7-8-17-18(12-16)27-11-10-26-17/h7-8,12,15H,5-6,9-11,13-14H2,1-4H3/t15-/m0/s1. The van der Waals surface area contributed by atoms with Gasteiger partial charge in [0.25, 0.3) is 5.91 Å². The summed E-state index contributed by atoms with van der Waals surface area (Å²) in [6.07, 6.45) is 1.62. The quantitative estimate of drug-likeness (QED) is 0.793. The molecule has 7 nitrogen and oxygen atoms in total. The Labute approximate surface area is 166 Å². The van der Waals surface area contributed by atoms with E-state index in [0.717, 1.165) is 12.8 Å². The van der Waals surface area contributed by atoms with Gasteiger partial charge < -0.3 is 24.0 Å². The second-order valence-electron chi connectivity index (χ2n) is 8.48. The predicted octanol–water partition coefficient (Wildman–Crippen LogP) is 3.18. The van der Waals surface area contributed by atoms with Crippen LogP contribution in [0.5, 0.6) is 11.5 Å². The van der Waals surface area contributed by atoms with Crippen LogP contribution < -0.4 is 9.47 Å². The van der Waals surface area contributed by atoms with Gasteiger partial charge >= 0.3 is 6.09 Å². The Balaban J connectivity index is 1.58. The van der Waals surface area contributed by atoms with Crippen LogP contribution >= 0.6 is 0 Å². The molecule has 28 heavy (non-hydrogen) atoms. The van der Waals surface area contributed by atoms with Gasteiger partial charge in [-0.2, -0.15) is 0 Å². The normalized spacial score (nSPS) is 19.1. The molecule has 1 aromatic rings. The topological polar surface area (TPSA) is 68.3 Å². The van der Waals surface area contributed by atoms with Gasteiger partial charge in [-0.1, -0.05) is 0 Å². The molecule has 0 spiro atoms. The Hall–Kier alpha value is -2.44. The zero-order valence-corrected chi connectivity index (χ0v) is 17.2. The smallest absolute Gasteiger partial charge is 0.410 e. The Morgan fingerprint density at radius 2 is 1.93 bits per heavy atom. The molecule has 1 aromatic carbocycles. The van der Waals surface area contributed by atoms with Crippen LogP contribution in [-0.2, 0) is 4.74 Å². The number of hydrogen-bond acceptors (Lipinski definition) is 5. The summed E-state index contributed by atoms with van der Waals surface area (Å²) in [5.41, 5.74) is 0.0706. The lowest BCUT2D eigenvalue weighted by Crippen LogP contribution is -2.45. The van der Waals surface area contributed by atoms with E-state index < -0.39 is 5.60 Å². The summed E-state index contributed by atoms with van der Waals surface area (Å²) >= 11 is 0. The minimum Gasteiger partial charge on any atom is -0.486 e. The van der Waals surface area contributed by atoms with Crippen molar-refractivity contribution in [2.24, 2.45) is 5.92 Å². The number of likely N-dealkylation sites (tertiary alicyclic amines) is 1. The van der Waals surface area contributed by atoms with Crippen LogP contribution in [0, 0.1) is 5.92 Å². The summed E-state index contributed by atoms with van der Waals surface area (Å²) in [6, 6.07) is 5.28. The SMILES string of the molecule is CN(C[C@@H]1CCCN(C(=O)OC(C)(C)C)C1)C(=O)c1ccc2c(c1)OCCO2. The second-order valence-corrected chi connectivity index (χ2v) is 8.48. The monoisotopic (exact) mass is 390 g/mol. The highest BCUT2D eigenvalue weighted by molar-refractivity contribution is 5.94. The fraction of sp³-hybridized carbons (Fsp3) is 0.619. The molecule has 0 aromatic heterocycles. The zero-order valence-electron chi connectivity index (χ0n) is 17.2. The van der Waals surface area contributed by atoms with Crippen molar-refractivity contribution >= 4 is 12.0 Å². The first-order valence-electron chi connectivity index (χ1n) is 9.86. The summed E-state index contributed by atoms with van der Waals surface area (Å²) in [5.74, 6) is 1.45. The molecule has 3 rings (SSSR count). The summed E-state index contributed by atoms with van der Waals surface area (Å²) in [7, 11) is 1.80. The maximum atomic E-state index is 12.8. The number of rotatable bonds is 3. The lowest BCUT2D eigenvalue weighted by molar-refractivity contribution is 0.0151. The minimum atomic E-state index is -0.505. The van der Waals surface area contributed by atoms with Crippen LogP contribution in [-0.4, -0.2) is 67.3 Å². The first-order chi connectivity index (χ1) is 13.2. The molecule has 0 radical (unpaired) electrons. The molecule has 1 fully saturated rings. The maximum Gasteiger partial charge on any atom is 0.410 e. The fourth-order valence-corrected chi connectivity index (χ4v) is 3.57. The van der Waals surface area contributed by atoms with Gasteiger partial charge in [-0.3, -0.25) is 4.79 Å². The van der Waals surface area contributed by atoms with E-state index in [9.17, 15) is 9.59 Å². The average molecular weight is 390 g/mol. The number of amides is 2. The van der Waals surface area contributed by atoms with Crippen LogP contribution in [0.2, 0.25) is 0 Å². The van der Waals surface area contributed by atoms with Gasteiger partial charge in [-0.25, -0.2) is 4.79 Å². The lowest BCUT2D eigenvalue weighted by Gasteiger charge is -2.35. The van der Waals surface area contributed by atoms with E-state index in [1.54, 1.807) is 35.0 Å². The number of carbonyl (C=O) groups is 2. The number of piperidine rings is 1. The van der Waals surface area contributed by atoms with E-state index in [1.165, 1.54) is 0 Å². The van der Waals surface area contributed by atoms with E-state index >= 15 is 0 Å². The molecule has 2 aliphatic rings. The molecule has 0 bridgehead atoms. The number of nitrogens with zero attached hydrogens (tertiary/aromatic N) is 2. The molecule has 0 saturated carbocycles. The Morgan fingerprint density at radius 1 is 1.21 bits per heavy atom. The largest absolute Gasteiger partial charge is 0.486 e. The van der Waals surface area contributed by atoms with Crippen molar-refractivity contribution in [3.05, 3.63) is 23.8 Å². The molecule has 0 aliphatic carbocycles. The van der Waals surface area contributed by atoms with Crippen molar-refractivity contribution in [3.63, 3.8) is 0 Å². The van der Waals surface area contributed by atoms with Crippen molar-refractivity contribution in [1.82, 2.24) is 9.80 Å². The second kappa shape index (κ2) is 8.29. The van der Waals surface area contributed by atoms with Crippen LogP contribution in [0.1, 0.15) is 44.0 Å². The molecule has 2 amide bonds. The average Bonchev–Trinajstić information content (AvgIpc) is 2.66. The number of fused-ring (bicyclic) bond motifs is 1. The molecule has 1 atom stereocenters. The number of ether oxygens (including phenoxy) is 3. The maximum absolute atomic E-state index is 12.8. The van der Waals surface area contributed by atoms with E-state index in [4.69, 9.17) is 14.2 Å². The zero-order chi connectivity index (χ0) is 20.3. The van der Waals surface area contributed by atoms with Gasteiger partial charge in [-0.05, 0) is 57.7 Å². The first-order valence-corrected chi connectivity index (χ1v) is 9.86.